The van der Waals surface area contributed by atoms with Crippen LogP contribution in [0, 0.1) is 5.92 Å². The predicted molar refractivity (Wildman–Crippen MR) is 83.2 cm³/mol. The molecule has 1 fully saturated rings. The minimum absolute atomic E-state index is 0.108. The van der Waals surface area contributed by atoms with E-state index in [1.54, 1.807) is 4.90 Å². The summed E-state index contributed by atoms with van der Waals surface area (Å²) < 4.78 is 27.7. The monoisotopic (exact) mass is 320 g/mol. The highest BCUT2D eigenvalue weighted by Gasteiger charge is 2.31. The number of carbonyl (C=O) groups excluding carboxylic acids is 1. The molecule has 0 aliphatic carbocycles. The highest BCUT2D eigenvalue weighted by Crippen LogP contribution is 2.12. The normalized spacial score (nSPS) is 17.5. The molecule has 0 unspecified atom stereocenters. The highest BCUT2D eigenvalue weighted by atomic mass is 32.2. The molecule has 0 spiro atoms. The molecule has 0 atom stereocenters. The van der Waals surface area contributed by atoms with Gasteiger partial charge in [-0.25, -0.2) is 4.79 Å². The smallest absolute Gasteiger partial charge is 0.317 e. The van der Waals surface area contributed by atoms with Crippen LogP contribution in [-0.2, 0) is 10.2 Å². The van der Waals surface area contributed by atoms with Gasteiger partial charge < -0.3 is 10.2 Å². The SMILES string of the molecule is CCN(CC)S(=O)(=O)N1CCN(C(=O)NCC(C)C)CC1. The van der Waals surface area contributed by atoms with E-state index in [4.69, 9.17) is 0 Å². The lowest BCUT2D eigenvalue weighted by Gasteiger charge is -2.36. The number of nitrogens with one attached hydrogen (secondary N) is 1. The summed E-state index contributed by atoms with van der Waals surface area (Å²) >= 11 is 0. The molecule has 8 heteroatoms. The fourth-order valence-corrected chi connectivity index (χ4v) is 3.84. The third-order valence-corrected chi connectivity index (χ3v) is 5.73. The van der Waals surface area contributed by atoms with Crippen molar-refractivity contribution in [2.75, 3.05) is 45.8 Å². The number of rotatable bonds is 6. The first-order valence-corrected chi connectivity index (χ1v) is 9.00. The fraction of sp³-hybridized carbons (Fsp3) is 0.923. The first kappa shape index (κ1) is 18.2. The summed E-state index contributed by atoms with van der Waals surface area (Å²) in [6, 6.07) is -0.108. The molecule has 0 saturated carbocycles. The minimum atomic E-state index is -3.39. The van der Waals surface area contributed by atoms with Gasteiger partial charge in [0.1, 0.15) is 0 Å². The second-order valence-electron chi connectivity index (χ2n) is 5.56. The molecule has 1 rings (SSSR count). The summed E-state index contributed by atoms with van der Waals surface area (Å²) in [4.78, 5) is 13.6. The Morgan fingerprint density at radius 1 is 1.14 bits per heavy atom. The fourth-order valence-electron chi connectivity index (χ4n) is 2.24. The van der Waals surface area contributed by atoms with Gasteiger partial charge in [-0.3, -0.25) is 0 Å². The van der Waals surface area contributed by atoms with Gasteiger partial charge in [0.2, 0.25) is 0 Å². The van der Waals surface area contributed by atoms with Crippen molar-refractivity contribution < 1.29 is 13.2 Å². The van der Waals surface area contributed by atoms with Crippen molar-refractivity contribution in [2.24, 2.45) is 5.92 Å². The number of nitrogens with zero attached hydrogens (tertiary/aromatic N) is 3. The van der Waals surface area contributed by atoms with Crippen LogP contribution in [0.2, 0.25) is 0 Å². The molecule has 1 heterocycles. The Hall–Kier alpha value is -0.860. The third-order valence-electron chi connectivity index (χ3n) is 3.55. The quantitative estimate of drug-likeness (QED) is 0.777. The van der Waals surface area contributed by atoms with Crippen molar-refractivity contribution in [2.45, 2.75) is 27.7 Å². The van der Waals surface area contributed by atoms with Gasteiger partial charge in [0.05, 0.1) is 0 Å². The van der Waals surface area contributed by atoms with Gasteiger partial charge in [-0.2, -0.15) is 17.0 Å². The lowest BCUT2D eigenvalue weighted by atomic mass is 10.2. The van der Waals surface area contributed by atoms with Crippen molar-refractivity contribution in [3.63, 3.8) is 0 Å². The van der Waals surface area contributed by atoms with Crippen LogP contribution in [0.15, 0.2) is 0 Å². The van der Waals surface area contributed by atoms with Gasteiger partial charge in [-0.1, -0.05) is 27.7 Å². The molecular formula is C13H28N4O3S. The van der Waals surface area contributed by atoms with Crippen LogP contribution in [0.3, 0.4) is 0 Å². The summed E-state index contributed by atoms with van der Waals surface area (Å²) in [5.41, 5.74) is 0. The van der Waals surface area contributed by atoms with E-state index >= 15 is 0 Å². The van der Waals surface area contributed by atoms with Gasteiger partial charge >= 0.3 is 6.03 Å². The van der Waals surface area contributed by atoms with Crippen molar-refractivity contribution in [3.8, 4) is 0 Å². The maximum Gasteiger partial charge on any atom is 0.317 e. The van der Waals surface area contributed by atoms with Crippen LogP contribution >= 0.6 is 0 Å². The van der Waals surface area contributed by atoms with E-state index < -0.39 is 10.2 Å². The molecule has 1 aliphatic rings. The van der Waals surface area contributed by atoms with E-state index in [1.165, 1.54) is 8.61 Å². The van der Waals surface area contributed by atoms with E-state index in [0.717, 1.165) is 0 Å². The molecule has 124 valence electrons. The first-order valence-electron chi connectivity index (χ1n) is 7.60. The number of hydrogen-bond donors (Lipinski definition) is 1. The molecule has 0 aromatic rings. The molecule has 1 N–H and O–H groups in total. The van der Waals surface area contributed by atoms with Gasteiger partial charge in [-0.15, -0.1) is 0 Å². The Morgan fingerprint density at radius 3 is 2.10 bits per heavy atom. The highest BCUT2D eigenvalue weighted by molar-refractivity contribution is 7.86. The van der Waals surface area contributed by atoms with Crippen molar-refractivity contribution in [1.82, 2.24) is 18.8 Å². The average Bonchev–Trinajstić information content (AvgIpc) is 2.45. The standard InChI is InChI=1S/C13H28N4O3S/c1-5-16(6-2)21(19,20)17-9-7-15(8-10-17)13(18)14-11-12(3)4/h12H,5-11H2,1-4H3,(H,14,18). The minimum Gasteiger partial charge on any atom is -0.338 e. The largest absolute Gasteiger partial charge is 0.338 e. The van der Waals surface area contributed by atoms with Gasteiger partial charge in [0.15, 0.2) is 0 Å². The van der Waals surface area contributed by atoms with E-state index in [9.17, 15) is 13.2 Å². The number of piperazine rings is 1. The number of urea groups is 1. The molecule has 21 heavy (non-hydrogen) atoms. The number of carbonyl (C=O) groups is 1. The van der Waals surface area contributed by atoms with Crippen LogP contribution in [0.5, 0.6) is 0 Å². The van der Waals surface area contributed by atoms with Gasteiger partial charge in [0, 0.05) is 45.8 Å². The summed E-state index contributed by atoms with van der Waals surface area (Å²) in [6.07, 6.45) is 0. The molecule has 2 amide bonds. The molecule has 1 aliphatic heterocycles. The van der Waals surface area contributed by atoms with E-state index in [1.807, 2.05) is 27.7 Å². The third kappa shape index (κ3) is 4.82. The van der Waals surface area contributed by atoms with Crippen LogP contribution in [0.25, 0.3) is 0 Å². The zero-order valence-electron chi connectivity index (χ0n) is 13.5. The predicted octanol–water partition coefficient (Wildman–Crippen LogP) is 0.556. The van der Waals surface area contributed by atoms with E-state index in [2.05, 4.69) is 5.32 Å². The van der Waals surface area contributed by atoms with E-state index in [-0.39, 0.29) is 6.03 Å². The molecular weight excluding hydrogens is 292 g/mol. The molecule has 0 radical (unpaired) electrons. The topological polar surface area (TPSA) is 73.0 Å². The van der Waals surface area contributed by atoms with Crippen molar-refractivity contribution in [1.29, 1.82) is 0 Å². The molecule has 7 nitrogen and oxygen atoms in total. The Balaban J connectivity index is 2.54. The van der Waals surface area contributed by atoms with Crippen LogP contribution in [0.4, 0.5) is 4.79 Å². The maximum absolute atomic E-state index is 12.4. The Morgan fingerprint density at radius 2 is 1.67 bits per heavy atom. The summed E-state index contributed by atoms with van der Waals surface area (Å²) in [5, 5.41) is 2.86. The first-order chi connectivity index (χ1) is 9.82. The Labute approximate surface area is 128 Å². The van der Waals surface area contributed by atoms with Crippen molar-refractivity contribution >= 4 is 16.2 Å². The Bertz CT molecular complexity index is 427. The molecule has 0 aromatic heterocycles. The molecule has 1 saturated heterocycles. The summed E-state index contributed by atoms with van der Waals surface area (Å²) in [7, 11) is -3.39. The van der Waals surface area contributed by atoms with E-state index in [0.29, 0.717) is 51.7 Å². The zero-order valence-corrected chi connectivity index (χ0v) is 14.3. The number of amides is 2. The lowest BCUT2D eigenvalue weighted by Crippen LogP contribution is -2.56. The second-order valence-corrected chi connectivity index (χ2v) is 7.49. The van der Waals surface area contributed by atoms with Crippen molar-refractivity contribution in [3.05, 3.63) is 0 Å². The Kier molecular flexibility index (Phi) is 6.89. The van der Waals surface area contributed by atoms with Gasteiger partial charge in [0.25, 0.3) is 10.2 Å². The van der Waals surface area contributed by atoms with Gasteiger partial charge in [-0.05, 0) is 5.92 Å². The second kappa shape index (κ2) is 7.95. The van der Waals surface area contributed by atoms with Crippen LogP contribution < -0.4 is 5.32 Å². The number of hydrogen-bond acceptors (Lipinski definition) is 3. The lowest BCUT2D eigenvalue weighted by molar-refractivity contribution is 0.168. The van der Waals surface area contributed by atoms with Crippen LogP contribution in [0.1, 0.15) is 27.7 Å². The maximum atomic E-state index is 12.4. The summed E-state index contributed by atoms with van der Waals surface area (Å²) in [6.45, 7) is 10.9. The molecule has 0 aromatic carbocycles. The summed E-state index contributed by atoms with van der Waals surface area (Å²) in [5.74, 6) is 0.401. The zero-order chi connectivity index (χ0) is 16.0. The average molecular weight is 320 g/mol. The van der Waals surface area contributed by atoms with Crippen LogP contribution in [-0.4, -0.2) is 73.8 Å². The molecule has 0 bridgehead atoms.